The minimum atomic E-state index is -1.20. The Labute approximate surface area is 181 Å². The zero-order valence-corrected chi connectivity index (χ0v) is 17.5. The molecule has 1 aromatic heterocycles. The fourth-order valence-electron chi connectivity index (χ4n) is 4.43. The summed E-state index contributed by atoms with van der Waals surface area (Å²) in [4.78, 5) is 39.6. The molecule has 170 valence electrons. The number of hydrogen-bond donors (Lipinski definition) is 2. The first kappa shape index (κ1) is 21.9. The van der Waals surface area contributed by atoms with Gasteiger partial charge in [-0.3, -0.25) is 14.4 Å². The van der Waals surface area contributed by atoms with Gasteiger partial charge >= 0.3 is 0 Å². The Bertz CT molecular complexity index is 1160. The number of hydrogen-bond acceptors (Lipinski definition) is 4. The van der Waals surface area contributed by atoms with Gasteiger partial charge in [0.2, 0.25) is 5.43 Å². The first-order valence-corrected chi connectivity index (χ1v) is 10.2. The maximum Gasteiger partial charge on any atom is 0.274 e. The molecule has 0 radical (unpaired) electrons. The number of carbonyl (C=O) groups is 2. The van der Waals surface area contributed by atoms with Gasteiger partial charge in [0.25, 0.3) is 11.8 Å². The molecule has 2 aliphatic rings. The van der Waals surface area contributed by atoms with E-state index in [9.17, 15) is 32.7 Å². The van der Waals surface area contributed by atoms with Crippen LogP contribution >= 0.6 is 0 Å². The normalized spacial score (nSPS) is 22.3. The highest BCUT2D eigenvalue weighted by atomic mass is 19.1. The average molecular weight is 449 g/mol. The number of fused-ring (bicyclic) bond motifs is 4. The molecule has 7 nitrogen and oxygen atoms in total. The van der Waals surface area contributed by atoms with Crippen molar-refractivity contribution in [1.29, 1.82) is 0 Å². The highest BCUT2D eigenvalue weighted by Crippen LogP contribution is 2.35. The van der Waals surface area contributed by atoms with Gasteiger partial charge in [0.1, 0.15) is 23.4 Å². The zero-order chi connectivity index (χ0) is 23.3. The molecule has 1 unspecified atom stereocenters. The van der Waals surface area contributed by atoms with Crippen LogP contribution in [0.1, 0.15) is 57.8 Å². The number of nitrogens with zero attached hydrogens (tertiary/aromatic N) is 2. The molecule has 4 rings (SSSR count). The van der Waals surface area contributed by atoms with Gasteiger partial charge in [0.05, 0.1) is 6.04 Å². The number of aryl methyl sites for hydroxylation is 1. The van der Waals surface area contributed by atoms with Crippen LogP contribution in [-0.4, -0.2) is 45.1 Å². The zero-order valence-electron chi connectivity index (χ0n) is 17.5. The van der Waals surface area contributed by atoms with E-state index in [0.29, 0.717) is 5.56 Å². The van der Waals surface area contributed by atoms with Crippen molar-refractivity contribution in [3.8, 4) is 5.75 Å². The molecule has 2 aliphatic heterocycles. The van der Waals surface area contributed by atoms with Crippen LogP contribution in [0, 0.1) is 18.6 Å². The van der Waals surface area contributed by atoms with E-state index in [2.05, 4.69) is 5.32 Å². The van der Waals surface area contributed by atoms with Crippen LogP contribution in [0.4, 0.5) is 13.2 Å². The Hall–Kier alpha value is -3.30. The predicted molar refractivity (Wildman–Crippen MR) is 108 cm³/mol. The fraction of sp³-hybridized carbons (Fsp3) is 0.409. The summed E-state index contributed by atoms with van der Waals surface area (Å²) in [6.07, 6.45) is 0.0784. The summed E-state index contributed by atoms with van der Waals surface area (Å²) in [5.41, 5.74) is -1.89. The first-order valence-electron chi connectivity index (χ1n) is 10.2. The maximum absolute atomic E-state index is 14.4. The van der Waals surface area contributed by atoms with Crippen molar-refractivity contribution >= 4 is 11.8 Å². The Morgan fingerprint density at radius 3 is 2.53 bits per heavy atom. The van der Waals surface area contributed by atoms with Crippen LogP contribution in [0.3, 0.4) is 0 Å². The quantitative estimate of drug-likeness (QED) is 0.754. The Balaban J connectivity index is 1.69. The van der Waals surface area contributed by atoms with Gasteiger partial charge in [-0.15, -0.1) is 0 Å². The molecule has 2 N–H and O–H groups in total. The van der Waals surface area contributed by atoms with Gasteiger partial charge in [-0.2, -0.15) is 0 Å². The lowest BCUT2D eigenvalue weighted by Crippen LogP contribution is -2.47. The predicted octanol–water partition coefficient (Wildman–Crippen LogP) is 2.59. The largest absolute Gasteiger partial charge is 0.503 e. The van der Waals surface area contributed by atoms with Gasteiger partial charge < -0.3 is 19.9 Å². The molecule has 0 saturated carbocycles. The number of halogens is 3. The molecule has 3 atom stereocenters. The van der Waals surface area contributed by atoms with Crippen LogP contribution in [0.15, 0.2) is 23.1 Å². The second kappa shape index (κ2) is 7.99. The van der Waals surface area contributed by atoms with E-state index in [4.69, 9.17) is 0 Å². The van der Waals surface area contributed by atoms with E-state index in [-0.39, 0.29) is 30.6 Å². The molecule has 1 fully saturated rings. The van der Waals surface area contributed by atoms with Crippen molar-refractivity contribution in [3.63, 3.8) is 0 Å². The summed E-state index contributed by atoms with van der Waals surface area (Å²) in [6, 6.07) is 1.24. The summed E-state index contributed by atoms with van der Waals surface area (Å²) in [5.74, 6) is -4.20. The van der Waals surface area contributed by atoms with E-state index in [0.717, 1.165) is 18.3 Å². The molecular formula is C22H22F3N3O4. The lowest BCUT2D eigenvalue weighted by Gasteiger charge is -2.36. The summed E-state index contributed by atoms with van der Waals surface area (Å²) in [7, 11) is 0. The molecule has 1 aromatic carbocycles. The Morgan fingerprint density at radius 1 is 1.22 bits per heavy atom. The number of alkyl halides is 1. The topological polar surface area (TPSA) is 91.6 Å². The summed E-state index contributed by atoms with van der Waals surface area (Å²) in [5, 5.41) is 12.7. The van der Waals surface area contributed by atoms with Gasteiger partial charge in [-0.25, -0.2) is 13.2 Å². The molecule has 2 aromatic rings. The van der Waals surface area contributed by atoms with Crippen molar-refractivity contribution in [2.75, 3.05) is 6.54 Å². The number of pyridine rings is 1. The van der Waals surface area contributed by atoms with Crippen molar-refractivity contribution in [3.05, 3.63) is 62.6 Å². The first-order chi connectivity index (χ1) is 15.1. The molecular weight excluding hydrogens is 427 g/mol. The summed E-state index contributed by atoms with van der Waals surface area (Å²) in [6.45, 7) is 2.86. The maximum atomic E-state index is 14.4. The second-order valence-electron chi connectivity index (χ2n) is 8.40. The number of carbonyl (C=O) groups excluding carboxylic acids is 2. The fourth-order valence-corrected chi connectivity index (χ4v) is 4.43. The van der Waals surface area contributed by atoms with E-state index >= 15 is 0 Å². The van der Waals surface area contributed by atoms with Crippen molar-refractivity contribution in [2.45, 2.75) is 51.5 Å². The second-order valence-corrected chi connectivity index (χ2v) is 8.40. The SMILES string of the molecule is Cc1cc(F)c(CNC(=O)c2cn3c(c(O)c2=O)C(=O)N2C[C@@H]3CC(F)C[C@@H]2C)c(F)c1. The van der Waals surface area contributed by atoms with Crippen LogP contribution in [0.5, 0.6) is 5.75 Å². The van der Waals surface area contributed by atoms with Gasteiger partial charge in [-0.1, -0.05) is 0 Å². The van der Waals surface area contributed by atoms with E-state index in [1.54, 1.807) is 6.92 Å². The lowest BCUT2D eigenvalue weighted by atomic mass is 10.0. The third kappa shape index (κ3) is 3.63. The van der Waals surface area contributed by atoms with E-state index in [1.807, 2.05) is 0 Å². The lowest BCUT2D eigenvalue weighted by molar-refractivity contribution is 0.0603. The van der Waals surface area contributed by atoms with Crippen LogP contribution in [0.25, 0.3) is 0 Å². The minimum absolute atomic E-state index is 0.0459. The molecule has 2 bridgehead atoms. The number of rotatable bonds is 3. The molecule has 1 saturated heterocycles. The number of nitrogens with one attached hydrogen (secondary N) is 1. The Morgan fingerprint density at radius 2 is 1.88 bits per heavy atom. The molecule has 0 spiro atoms. The highest BCUT2D eigenvalue weighted by molar-refractivity contribution is 5.99. The molecule has 32 heavy (non-hydrogen) atoms. The monoisotopic (exact) mass is 449 g/mol. The standard InChI is InChI=1S/C22H22F3N3O4/c1-10-3-16(24)14(17(25)4-10)7-26-21(31)15-9-28-13-6-12(23)5-11(2)27(8-13)22(32)18(28)20(30)19(15)29/h3-4,9,11-13,30H,5-8H2,1-2H3,(H,26,31)/t11-,12?,13-/m0/s1. The van der Waals surface area contributed by atoms with E-state index in [1.165, 1.54) is 16.4 Å². The van der Waals surface area contributed by atoms with Crippen molar-refractivity contribution in [1.82, 2.24) is 14.8 Å². The summed E-state index contributed by atoms with van der Waals surface area (Å²) < 4.78 is 43.7. The summed E-state index contributed by atoms with van der Waals surface area (Å²) >= 11 is 0. The molecule has 10 heteroatoms. The van der Waals surface area contributed by atoms with Crippen LogP contribution in [-0.2, 0) is 6.54 Å². The number of aromatic nitrogens is 1. The third-order valence-corrected chi connectivity index (χ3v) is 6.09. The number of amides is 2. The van der Waals surface area contributed by atoms with E-state index < -0.39 is 65.0 Å². The van der Waals surface area contributed by atoms with Gasteiger partial charge in [-0.05, 0) is 38.0 Å². The van der Waals surface area contributed by atoms with Crippen LogP contribution in [0.2, 0.25) is 0 Å². The van der Waals surface area contributed by atoms with Crippen molar-refractivity contribution in [2.24, 2.45) is 0 Å². The van der Waals surface area contributed by atoms with Gasteiger partial charge in [0.15, 0.2) is 11.4 Å². The van der Waals surface area contributed by atoms with Crippen LogP contribution < -0.4 is 10.7 Å². The molecule has 3 heterocycles. The molecule has 2 amide bonds. The third-order valence-electron chi connectivity index (χ3n) is 6.09. The van der Waals surface area contributed by atoms with Crippen molar-refractivity contribution < 1.29 is 27.9 Å². The highest BCUT2D eigenvalue weighted by Gasteiger charge is 2.41. The molecule has 0 aliphatic carbocycles. The minimum Gasteiger partial charge on any atom is -0.503 e. The smallest absolute Gasteiger partial charge is 0.274 e. The number of aromatic hydroxyl groups is 1. The Kier molecular flexibility index (Phi) is 5.47. The van der Waals surface area contributed by atoms with Gasteiger partial charge in [0, 0.05) is 37.3 Å². The average Bonchev–Trinajstić information content (AvgIpc) is 2.83. The number of benzene rings is 1.